The van der Waals surface area contributed by atoms with Gasteiger partial charge in [-0.25, -0.2) is 0 Å². The highest BCUT2D eigenvalue weighted by molar-refractivity contribution is 14.0. The Kier molecular flexibility index (Phi) is 6.65. The SMILES string of the molecule is CN=C(NCc1ccc2c(c1)OCO2)N1CCN(C(=O)c2ccco2)CC1.I. The highest BCUT2D eigenvalue weighted by atomic mass is 127. The Hall–Kier alpha value is -2.43. The first-order chi connectivity index (χ1) is 13.2. The fraction of sp³-hybridized carbons (Fsp3) is 0.368. The van der Waals surface area contributed by atoms with E-state index >= 15 is 0 Å². The first kappa shape index (κ1) is 20.3. The zero-order valence-electron chi connectivity index (χ0n) is 15.6. The molecule has 0 saturated carbocycles. The molecule has 1 aromatic heterocycles. The molecule has 4 rings (SSSR count). The van der Waals surface area contributed by atoms with E-state index in [0.717, 1.165) is 23.0 Å². The van der Waals surface area contributed by atoms with Gasteiger partial charge in [-0.3, -0.25) is 9.79 Å². The van der Waals surface area contributed by atoms with Gasteiger partial charge in [0, 0.05) is 39.8 Å². The van der Waals surface area contributed by atoms with E-state index in [2.05, 4.69) is 15.2 Å². The second-order valence-electron chi connectivity index (χ2n) is 6.34. The Morgan fingerprint density at radius 2 is 1.86 bits per heavy atom. The molecule has 0 atom stereocenters. The van der Waals surface area contributed by atoms with Gasteiger partial charge in [0.2, 0.25) is 6.79 Å². The standard InChI is InChI=1S/C19H22N4O4.HI/c1-20-19(21-12-14-4-5-15-17(11-14)27-13-26-15)23-8-6-22(7-9-23)18(24)16-3-2-10-25-16;/h2-5,10-11H,6-9,12-13H2,1H3,(H,20,21);1H. The number of fused-ring (bicyclic) bond motifs is 1. The number of hydrogen-bond acceptors (Lipinski definition) is 5. The smallest absolute Gasteiger partial charge is 0.289 e. The molecule has 0 bridgehead atoms. The maximum Gasteiger partial charge on any atom is 0.289 e. The molecule has 0 unspecified atom stereocenters. The first-order valence-electron chi connectivity index (χ1n) is 8.91. The van der Waals surface area contributed by atoms with Crippen molar-refractivity contribution in [3.63, 3.8) is 0 Å². The van der Waals surface area contributed by atoms with Crippen LogP contribution in [0.15, 0.2) is 46.0 Å². The van der Waals surface area contributed by atoms with Crippen molar-refractivity contribution in [2.75, 3.05) is 40.0 Å². The fourth-order valence-electron chi connectivity index (χ4n) is 3.24. The number of nitrogens with one attached hydrogen (secondary N) is 1. The number of furan rings is 1. The lowest BCUT2D eigenvalue weighted by Gasteiger charge is -2.36. The number of benzene rings is 1. The number of nitrogens with zero attached hydrogens (tertiary/aromatic N) is 3. The molecule has 0 aliphatic carbocycles. The molecule has 2 aliphatic rings. The summed E-state index contributed by atoms with van der Waals surface area (Å²) in [6.45, 7) is 3.60. The van der Waals surface area contributed by atoms with Crippen LogP contribution in [0.4, 0.5) is 0 Å². The minimum Gasteiger partial charge on any atom is -0.459 e. The van der Waals surface area contributed by atoms with Gasteiger partial charge in [0.15, 0.2) is 23.2 Å². The van der Waals surface area contributed by atoms with Gasteiger partial charge in [-0.15, -0.1) is 24.0 Å². The monoisotopic (exact) mass is 498 g/mol. The van der Waals surface area contributed by atoms with Crippen molar-refractivity contribution >= 4 is 35.8 Å². The van der Waals surface area contributed by atoms with Gasteiger partial charge in [0.1, 0.15) is 0 Å². The Bertz CT molecular complexity index is 832. The average Bonchev–Trinajstić information content (AvgIpc) is 3.40. The second kappa shape index (κ2) is 9.18. The van der Waals surface area contributed by atoms with E-state index in [4.69, 9.17) is 13.9 Å². The number of hydrogen-bond donors (Lipinski definition) is 1. The number of amides is 1. The van der Waals surface area contributed by atoms with Crippen LogP contribution in [0.3, 0.4) is 0 Å². The average molecular weight is 498 g/mol. The van der Waals surface area contributed by atoms with E-state index in [-0.39, 0.29) is 36.7 Å². The summed E-state index contributed by atoms with van der Waals surface area (Å²) in [6, 6.07) is 9.32. The van der Waals surface area contributed by atoms with Gasteiger partial charge in [-0.1, -0.05) is 6.07 Å². The normalized spacial score (nSPS) is 16.0. The third-order valence-electron chi connectivity index (χ3n) is 4.70. The Morgan fingerprint density at radius 1 is 1.11 bits per heavy atom. The molecule has 3 heterocycles. The van der Waals surface area contributed by atoms with E-state index in [1.54, 1.807) is 24.1 Å². The third-order valence-corrected chi connectivity index (χ3v) is 4.70. The predicted molar refractivity (Wildman–Crippen MR) is 114 cm³/mol. The molecule has 8 nitrogen and oxygen atoms in total. The van der Waals surface area contributed by atoms with E-state index in [1.165, 1.54) is 6.26 Å². The van der Waals surface area contributed by atoms with Crippen LogP contribution in [0, 0.1) is 0 Å². The molecule has 1 aromatic carbocycles. The van der Waals surface area contributed by atoms with Crippen LogP contribution in [0.2, 0.25) is 0 Å². The summed E-state index contributed by atoms with van der Waals surface area (Å²) >= 11 is 0. The summed E-state index contributed by atoms with van der Waals surface area (Å²) in [5.41, 5.74) is 1.09. The van der Waals surface area contributed by atoms with Gasteiger partial charge >= 0.3 is 0 Å². The van der Waals surface area contributed by atoms with Crippen LogP contribution in [-0.2, 0) is 6.54 Å². The number of aliphatic imine (C=N–C) groups is 1. The van der Waals surface area contributed by atoms with E-state index in [0.29, 0.717) is 38.5 Å². The quantitative estimate of drug-likeness (QED) is 0.397. The van der Waals surface area contributed by atoms with Crippen molar-refractivity contribution in [1.82, 2.24) is 15.1 Å². The molecule has 0 spiro atoms. The summed E-state index contributed by atoms with van der Waals surface area (Å²) < 4.78 is 16.0. The lowest BCUT2D eigenvalue weighted by molar-refractivity contribution is 0.0657. The van der Waals surface area contributed by atoms with Gasteiger partial charge in [0.25, 0.3) is 5.91 Å². The number of halogens is 1. The largest absolute Gasteiger partial charge is 0.459 e. The molecule has 1 amide bonds. The second-order valence-corrected chi connectivity index (χ2v) is 6.34. The van der Waals surface area contributed by atoms with Gasteiger partial charge in [-0.05, 0) is 29.8 Å². The van der Waals surface area contributed by atoms with E-state index in [1.807, 2.05) is 18.2 Å². The predicted octanol–water partition coefficient (Wildman–Crippen LogP) is 2.16. The molecular formula is C19H23IN4O4. The summed E-state index contributed by atoms with van der Waals surface area (Å²) in [7, 11) is 1.77. The van der Waals surface area contributed by atoms with Crippen LogP contribution < -0.4 is 14.8 Å². The maximum atomic E-state index is 12.4. The van der Waals surface area contributed by atoms with Crippen LogP contribution in [0.25, 0.3) is 0 Å². The molecule has 150 valence electrons. The summed E-state index contributed by atoms with van der Waals surface area (Å²) in [5.74, 6) is 2.68. The molecule has 2 aromatic rings. The zero-order chi connectivity index (χ0) is 18.6. The Balaban J connectivity index is 0.00000225. The maximum absolute atomic E-state index is 12.4. The van der Waals surface area contributed by atoms with Gasteiger partial charge < -0.3 is 29.0 Å². The minimum atomic E-state index is -0.0667. The van der Waals surface area contributed by atoms with Crippen LogP contribution in [0.1, 0.15) is 16.1 Å². The number of carbonyl (C=O) groups is 1. The number of guanidine groups is 1. The highest BCUT2D eigenvalue weighted by Crippen LogP contribution is 2.32. The fourth-order valence-corrected chi connectivity index (χ4v) is 3.24. The Labute approximate surface area is 180 Å². The topological polar surface area (TPSA) is 79.5 Å². The van der Waals surface area contributed by atoms with Crippen molar-refractivity contribution in [2.24, 2.45) is 4.99 Å². The summed E-state index contributed by atoms with van der Waals surface area (Å²) in [6.07, 6.45) is 1.52. The number of rotatable bonds is 3. The van der Waals surface area contributed by atoms with E-state index in [9.17, 15) is 4.79 Å². The molecule has 0 radical (unpaired) electrons. The van der Waals surface area contributed by atoms with E-state index < -0.39 is 0 Å². The van der Waals surface area contributed by atoms with Crippen molar-refractivity contribution in [3.05, 3.63) is 47.9 Å². The van der Waals surface area contributed by atoms with Gasteiger partial charge in [-0.2, -0.15) is 0 Å². The van der Waals surface area contributed by atoms with Crippen molar-refractivity contribution in [2.45, 2.75) is 6.54 Å². The molecule has 1 saturated heterocycles. The molecule has 28 heavy (non-hydrogen) atoms. The zero-order valence-corrected chi connectivity index (χ0v) is 17.9. The molecular weight excluding hydrogens is 475 g/mol. The number of ether oxygens (including phenoxy) is 2. The lowest BCUT2D eigenvalue weighted by atomic mass is 10.2. The summed E-state index contributed by atoms with van der Waals surface area (Å²) in [5, 5.41) is 3.38. The minimum absolute atomic E-state index is 0. The highest BCUT2D eigenvalue weighted by Gasteiger charge is 2.25. The van der Waals surface area contributed by atoms with Crippen molar-refractivity contribution in [1.29, 1.82) is 0 Å². The number of carbonyl (C=O) groups excluding carboxylic acids is 1. The van der Waals surface area contributed by atoms with Crippen LogP contribution >= 0.6 is 24.0 Å². The summed E-state index contributed by atoms with van der Waals surface area (Å²) in [4.78, 5) is 20.7. The van der Waals surface area contributed by atoms with Crippen molar-refractivity contribution < 1.29 is 18.7 Å². The van der Waals surface area contributed by atoms with Crippen LogP contribution in [0.5, 0.6) is 11.5 Å². The molecule has 1 fully saturated rings. The first-order valence-corrected chi connectivity index (χ1v) is 8.91. The molecule has 2 aliphatic heterocycles. The Morgan fingerprint density at radius 3 is 2.57 bits per heavy atom. The molecule has 9 heteroatoms. The van der Waals surface area contributed by atoms with Crippen LogP contribution in [-0.4, -0.2) is 61.7 Å². The van der Waals surface area contributed by atoms with Crippen molar-refractivity contribution in [3.8, 4) is 11.5 Å². The number of piperazine rings is 1. The molecule has 1 N–H and O–H groups in total. The van der Waals surface area contributed by atoms with Gasteiger partial charge in [0.05, 0.1) is 6.26 Å². The lowest BCUT2D eigenvalue weighted by Crippen LogP contribution is -2.53. The third kappa shape index (κ3) is 4.34.